The first-order valence-corrected chi connectivity index (χ1v) is 9.29. The van der Waals surface area contributed by atoms with Gasteiger partial charge in [-0.3, -0.25) is 4.79 Å². The first-order chi connectivity index (χ1) is 12.1. The zero-order valence-corrected chi connectivity index (χ0v) is 15.0. The highest BCUT2D eigenvalue weighted by Crippen LogP contribution is 2.36. The smallest absolute Gasteiger partial charge is 0.232 e. The molecule has 0 spiro atoms. The normalized spacial score (nSPS) is 18.8. The second-order valence-electron chi connectivity index (χ2n) is 7.13. The van der Waals surface area contributed by atoms with Crippen LogP contribution in [0.25, 0.3) is 0 Å². The standard InChI is InChI=1S/C22H28N2O/c1-18-10-8-9-16-24(18)17-15-22(21(23)25,19-11-4-2-5-12-19)20-13-6-3-7-14-20/h2-7,11-14,18H,8-10,15-17H2,1H3,(H2,23,25)/t18-/m0/s1. The van der Waals surface area contributed by atoms with Gasteiger partial charge in [0.1, 0.15) is 0 Å². The maximum atomic E-state index is 12.8. The van der Waals surface area contributed by atoms with E-state index in [-0.39, 0.29) is 5.91 Å². The molecule has 0 radical (unpaired) electrons. The van der Waals surface area contributed by atoms with Crippen LogP contribution < -0.4 is 5.73 Å². The van der Waals surface area contributed by atoms with Gasteiger partial charge >= 0.3 is 0 Å². The molecule has 0 aliphatic carbocycles. The van der Waals surface area contributed by atoms with E-state index < -0.39 is 5.41 Å². The largest absolute Gasteiger partial charge is 0.369 e. The number of benzene rings is 2. The molecule has 1 aliphatic heterocycles. The molecule has 0 saturated carbocycles. The number of nitrogens with zero attached hydrogens (tertiary/aromatic N) is 1. The third-order valence-corrected chi connectivity index (χ3v) is 5.67. The Morgan fingerprint density at radius 1 is 1.04 bits per heavy atom. The lowest BCUT2D eigenvalue weighted by atomic mass is 9.71. The lowest BCUT2D eigenvalue weighted by molar-refractivity contribution is -0.122. The summed E-state index contributed by atoms with van der Waals surface area (Å²) in [4.78, 5) is 15.3. The van der Waals surface area contributed by atoms with E-state index in [2.05, 4.69) is 11.8 Å². The Labute approximate surface area is 150 Å². The molecule has 3 nitrogen and oxygen atoms in total. The van der Waals surface area contributed by atoms with Crippen molar-refractivity contribution in [1.29, 1.82) is 0 Å². The molecule has 2 aromatic carbocycles. The average molecular weight is 336 g/mol. The Bertz CT molecular complexity index is 644. The molecule has 0 unspecified atom stereocenters. The van der Waals surface area contributed by atoms with E-state index in [0.29, 0.717) is 12.5 Å². The molecule has 132 valence electrons. The van der Waals surface area contributed by atoms with Crippen molar-refractivity contribution in [3.63, 3.8) is 0 Å². The van der Waals surface area contributed by atoms with Crippen LogP contribution in [0.4, 0.5) is 0 Å². The topological polar surface area (TPSA) is 46.3 Å². The lowest BCUT2D eigenvalue weighted by Crippen LogP contribution is -2.47. The van der Waals surface area contributed by atoms with Crippen LogP contribution in [0.2, 0.25) is 0 Å². The van der Waals surface area contributed by atoms with Gasteiger partial charge in [-0.15, -0.1) is 0 Å². The second-order valence-corrected chi connectivity index (χ2v) is 7.13. The van der Waals surface area contributed by atoms with Crippen LogP contribution in [-0.2, 0) is 10.2 Å². The Hall–Kier alpha value is -2.13. The minimum Gasteiger partial charge on any atom is -0.369 e. The number of piperidine rings is 1. The molecule has 2 N–H and O–H groups in total. The monoisotopic (exact) mass is 336 g/mol. The highest BCUT2D eigenvalue weighted by Gasteiger charge is 2.40. The van der Waals surface area contributed by atoms with Crippen LogP contribution in [0.1, 0.15) is 43.7 Å². The summed E-state index contributed by atoms with van der Waals surface area (Å²) in [6.07, 6.45) is 4.49. The number of rotatable bonds is 6. The zero-order chi connectivity index (χ0) is 17.7. The third kappa shape index (κ3) is 3.62. The van der Waals surface area contributed by atoms with Crippen molar-refractivity contribution in [2.24, 2.45) is 5.73 Å². The Balaban J connectivity index is 1.97. The van der Waals surface area contributed by atoms with E-state index in [0.717, 1.165) is 24.2 Å². The quantitative estimate of drug-likeness (QED) is 0.874. The van der Waals surface area contributed by atoms with E-state index in [9.17, 15) is 4.79 Å². The SMILES string of the molecule is C[C@H]1CCCCN1CCC(C(N)=O)(c1ccccc1)c1ccccc1. The number of hydrogen-bond donors (Lipinski definition) is 1. The summed E-state index contributed by atoms with van der Waals surface area (Å²) in [5, 5.41) is 0. The molecule has 0 aromatic heterocycles. The first kappa shape index (κ1) is 17.7. The predicted octanol–water partition coefficient (Wildman–Crippen LogP) is 3.72. The van der Waals surface area contributed by atoms with Gasteiger partial charge in [-0.1, -0.05) is 67.1 Å². The molecule has 1 saturated heterocycles. The summed E-state index contributed by atoms with van der Waals surface area (Å²) in [7, 11) is 0. The van der Waals surface area contributed by atoms with Crippen LogP contribution in [0.15, 0.2) is 60.7 Å². The fourth-order valence-corrected chi connectivity index (χ4v) is 4.11. The van der Waals surface area contributed by atoms with Crippen molar-refractivity contribution in [2.45, 2.75) is 44.1 Å². The van der Waals surface area contributed by atoms with Gasteiger partial charge in [0.25, 0.3) is 0 Å². The number of amides is 1. The maximum Gasteiger partial charge on any atom is 0.232 e. The summed E-state index contributed by atoms with van der Waals surface area (Å²) in [5.74, 6) is -0.269. The van der Waals surface area contributed by atoms with Crippen molar-refractivity contribution in [3.8, 4) is 0 Å². The average Bonchev–Trinajstić information content (AvgIpc) is 2.65. The molecule has 1 amide bonds. The van der Waals surface area contributed by atoms with Crippen LogP contribution in [0.3, 0.4) is 0 Å². The molecular weight excluding hydrogens is 308 g/mol. The Morgan fingerprint density at radius 2 is 1.60 bits per heavy atom. The van der Waals surface area contributed by atoms with Crippen LogP contribution in [0, 0.1) is 0 Å². The molecular formula is C22H28N2O. The molecule has 0 bridgehead atoms. The molecule has 1 aliphatic rings. The maximum absolute atomic E-state index is 12.8. The molecule has 1 atom stereocenters. The highest BCUT2D eigenvalue weighted by atomic mass is 16.1. The number of primary amides is 1. The van der Waals surface area contributed by atoms with Gasteiger partial charge in [0.2, 0.25) is 5.91 Å². The minimum atomic E-state index is -0.778. The van der Waals surface area contributed by atoms with E-state index in [1.165, 1.54) is 19.3 Å². The van der Waals surface area contributed by atoms with E-state index in [1.54, 1.807) is 0 Å². The summed E-state index contributed by atoms with van der Waals surface area (Å²) >= 11 is 0. The van der Waals surface area contributed by atoms with E-state index in [1.807, 2.05) is 60.7 Å². The van der Waals surface area contributed by atoms with Crippen molar-refractivity contribution in [2.75, 3.05) is 13.1 Å². The lowest BCUT2D eigenvalue weighted by Gasteiger charge is -2.38. The molecule has 1 fully saturated rings. The van der Waals surface area contributed by atoms with Gasteiger partial charge in [-0.2, -0.15) is 0 Å². The molecule has 1 heterocycles. The Morgan fingerprint density at radius 3 is 2.08 bits per heavy atom. The van der Waals surface area contributed by atoms with E-state index >= 15 is 0 Å². The zero-order valence-electron chi connectivity index (χ0n) is 15.0. The van der Waals surface area contributed by atoms with Gasteiger partial charge in [0, 0.05) is 12.6 Å². The third-order valence-electron chi connectivity index (χ3n) is 5.67. The van der Waals surface area contributed by atoms with E-state index in [4.69, 9.17) is 5.73 Å². The summed E-state index contributed by atoms with van der Waals surface area (Å²) in [6.45, 7) is 4.28. The minimum absolute atomic E-state index is 0.269. The van der Waals surface area contributed by atoms with Gasteiger partial charge in [0.05, 0.1) is 5.41 Å². The number of hydrogen-bond acceptors (Lipinski definition) is 2. The van der Waals surface area contributed by atoms with Gasteiger partial charge in [0.15, 0.2) is 0 Å². The highest BCUT2D eigenvalue weighted by molar-refractivity contribution is 5.90. The number of likely N-dealkylation sites (tertiary alicyclic amines) is 1. The Kier molecular flexibility index (Phi) is 5.54. The first-order valence-electron chi connectivity index (χ1n) is 9.29. The van der Waals surface area contributed by atoms with Crippen LogP contribution in [0.5, 0.6) is 0 Å². The van der Waals surface area contributed by atoms with Crippen molar-refractivity contribution < 1.29 is 4.79 Å². The number of nitrogens with two attached hydrogens (primary N) is 1. The van der Waals surface area contributed by atoms with Crippen LogP contribution >= 0.6 is 0 Å². The fraction of sp³-hybridized carbons (Fsp3) is 0.409. The summed E-state index contributed by atoms with van der Waals surface area (Å²) in [6, 6.07) is 20.6. The number of carbonyl (C=O) groups is 1. The van der Waals surface area contributed by atoms with Gasteiger partial charge in [-0.05, 0) is 43.9 Å². The predicted molar refractivity (Wildman–Crippen MR) is 102 cm³/mol. The van der Waals surface area contributed by atoms with Crippen molar-refractivity contribution in [1.82, 2.24) is 4.90 Å². The summed E-state index contributed by atoms with van der Waals surface area (Å²) < 4.78 is 0. The molecule has 2 aromatic rings. The van der Waals surface area contributed by atoms with Crippen LogP contribution in [-0.4, -0.2) is 29.9 Å². The summed E-state index contributed by atoms with van der Waals surface area (Å²) in [5.41, 5.74) is 7.22. The van der Waals surface area contributed by atoms with Gasteiger partial charge in [-0.25, -0.2) is 0 Å². The fourth-order valence-electron chi connectivity index (χ4n) is 4.11. The second kappa shape index (κ2) is 7.83. The molecule has 3 heteroatoms. The van der Waals surface area contributed by atoms with Crippen molar-refractivity contribution >= 4 is 5.91 Å². The van der Waals surface area contributed by atoms with Crippen molar-refractivity contribution in [3.05, 3.63) is 71.8 Å². The number of carbonyl (C=O) groups excluding carboxylic acids is 1. The van der Waals surface area contributed by atoms with Gasteiger partial charge < -0.3 is 10.6 Å². The molecule has 25 heavy (non-hydrogen) atoms. The molecule has 3 rings (SSSR count).